The van der Waals surface area contributed by atoms with Gasteiger partial charge in [0.15, 0.2) is 0 Å². The molecular weight excluding hydrogens is 689 g/mol. The van der Waals surface area contributed by atoms with E-state index in [1.165, 1.54) is 0 Å². The molecule has 0 aliphatic heterocycles. The van der Waals surface area contributed by atoms with E-state index in [1.54, 1.807) is 0 Å². The molecule has 290 valence electrons. The number of ether oxygens (including phenoxy) is 9. The summed E-state index contributed by atoms with van der Waals surface area (Å²) in [6.07, 6.45) is -3.26. The van der Waals surface area contributed by atoms with Crippen LogP contribution in [0.4, 0.5) is 0 Å². The lowest BCUT2D eigenvalue weighted by molar-refractivity contribution is -0.132. The molecule has 0 aromatic heterocycles. The van der Waals surface area contributed by atoms with Crippen molar-refractivity contribution in [1.29, 1.82) is 0 Å². The quantitative estimate of drug-likeness (QED) is 0.0472. The van der Waals surface area contributed by atoms with Crippen molar-refractivity contribution in [3.8, 4) is 0 Å². The minimum Gasteiger partial charge on any atom is -0.396 e. The van der Waals surface area contributed by atoms with Crippen molar-refractivity contribution in [2.75, 3.05) is 103 Å². The van der Waals surface area contributed by atoms with Gasteiger partial charge in [0, 0.05) is 17.3 Å². The van der Waals surface area contributed by atoms with E-state index < -0.39 is 23.7 Å². The first-order chi connectivity index (χ1) is 22.8. The number of aliphatic hydroxyl groups excluding tert-OH is 4. The molecule has 0 aliphatic carbocycles. The highest BCUT2D eigenvalue weighted by Gasteiger charge is 2.32. The Labute approximate surface area is 305 Å². The fourth-order valence-electron chi connectivity index (χ4n) is 3.76. The fourth-order valence-corrected chi connectivity index (χ4v) is 4.07. The van der Waals surface area contributed by atoms with E-state index >= 15 is 0 Å². The summed E-state index contributed by atoms with van der Waals surface area (Å²) >= 11 is 12.1. The highest BCUT2D eigenvalue weighted by molar-refractivity contribution is 7.80. The first kappa shape index (κ1) is 48.5. The molecule has 16 heteroatoms. The highest BCUT2D eigenvalue weighted by Crippen LogP contribution is 2.20. The van der Waals surface area contributed by atoms with Gasteiger partial charge in [0.25, 0.3) is 0 Å². The summed E-state index contributed by atoms with van der Waals surface area (Å²) in [5.41, 5.74) is -0.864. The Morgan fingerprint density at radius 3 is 0.875 bits per heavy atom. The van der Waals surface area contributed by atoms with Crippen LogP contribution >= 0.6 is 37.9 Å². The molecule has 0 spiro atoms. The van der Waals surface area contributed by atoms with E-state index in [-0.39, 0.29) is 103 Å². The predicted molar refractivity (Wildman–Crippen MR) is 194 cm³/mol. The molecule has 0 heterocycles. The summed E-state index contributed by atoms with van der Waals surface area (Å²) in [5, 5.41) is 39.4. The maximum atomic E-state index is 10.5. The van der Waals surface area contributed by atoms with Crippen molar-refractivity contribution in [3.63, 3.8) is 0 Å². The molecule has 0 fully saturated rings. The standard InChI is InChI=1S/C32H66O13S3/c1-23(40-10-26(4)43-13-29(34)16-46)7-37-20-32(19-33,21-38-8-24(2)41-11-27(5)44-14-30(35)17-47)22-39-9-25(3)42-12-28(6)45-15-31(36)18-48/h23-31,33-36,46-48H,7-22H2,1-6H3. The Kier molecular flexibility index (Phi) is 30.4. The van der Waals surface area contributed by atoms with Crippen molar-refractivity contribution in [1.82, 2.24) is 0 Å². The summed E-state index contributed by atoms with van der Waals surface area (Å²) in [7, 11) is 0. The third-order valence-corrected chi connectivity index (χ3v) is 8.08. The zero-order chi connectivity index (χ0) is 36.4. The molecule has 48 heavy (non-hydrogen) atoms. The van der Waals surface area contributed by atoms with Crippen LogP contribution in [-0.2, 0) is 42.6 Å². The molecule has 4 N–H and O–H groups in total. The molecule has 0 rings (SSSR count). The summed E-state index contributed by atoms with van der Waals surface area (Å²) in [5.74, 6) is 0.969. The number of thiol groups is 3. The van der Waals surface area contributed by atoms with Crippen LogP contribution in [0.15, 0.2) is 0 Å². The van der Waals surface area contributed by atoms with Crippen molar-refractivity contribution in [2.24, 2.45) is 5.41 Å². The lowest BCUT2D eigenvalue weighted by atomic mass is 9.92. The van der Waals surface area contributed by atoms with Gasteiger partial charge in [-0.1, -0.05) is 0 Å². The molecule has 9 unspecified atom stereocenters. The van der Waals surface area contributed by atoms with Gasteiger partial charge in [0.2, 0.25) is 0 Å². The van der Waals surface area contributed by atoms with Crippen LogP contribution in [0.2, 0.25) is 0 Å². The maximum Gasteiger partial charge on any atom is 0.0861 e. The van der Waals surface area contributed by atoms with Crippen LogP contribution in [0.25, 0.3) is 0 Å². The second-order valence-corrected chi connectivity index (χ2v) is 13.7. The van der Waals surface area contributed by atoms with Gasteiger partial charge >= 0.3 is 0 Å². The van der Waals surface area contributed by atoms with E-state index in [4.69, 9.17) is 42.6 Å². The maximum absolute atomic E-state index is 10.5. The van der Waals surface area contributed by atoms with Crippen LogP contribution in [0.3, 0.4) is 0 Å². The lowest BCUT2D eigenvalue weighted by Gasteiger charge is -2.32. The minimum absolute atomic E-state index is 0.151. The first-order valence-electron chi connectivity index (χ1n) is 16.7. The average Bonchev–Trinajstić information content (AvgIpc) is 3.08. The Balaban J connectivity index is 4.94. The SMILES string of the molecule is CC(COCC(CO)(COCC(C)OCC(C)OCC(O)CS)COCC(C)OCC(C)OCC(O)CS)OCC(C)OCC(O)CS. The van der Waals surface area contributed by atoms with Crippen molar-refractivity contribution < 1.29 is 63.1 Å². The second kappa shape index (κ2) is 30.0. The fraction of sp³-hybridized carbons (Fsp3) is 1.00. The molecule has 0 aliphatic rings. The summed E-state index contributed by atoms with van der Waals surface area (Å²) in [4.78, 5) is 0. The van der Waals surface area contributed by atoms with Crippen molar-refractivity contribution in [3.05, 3.63) is 0 Å². The van der Waals surface area contributed by atoms with Crippen LogP contribution in [0.1, 0.15) is 41.5 Å². The van der Waals surface area contributed by atoms with Gasteiger partial charge < -0.3 is 63.1 Å². The average molecular weight is 755 g/mol. The molecule has 0 bridgehead atoms. The van der Waals surface area contributed by atoms with E-state index in [0.29, 0.717) is 37.1 Å². The highest BCUT2D eigenvalue weighted by atomic mass is 32.1. The molecule has 0 amide bonds. The molecule has 0 saturated carbocycles. The van der Waals surface area contributed by atoms with Crippen molar-refractivity contribution in [2.45, 2.75) is 96.5 Å². The Morgan fingerprint density at radius 1 is 0.417 bits per heavy atom. The molecule has 9 atom stereocenters. The van der Waals surface area contributed by atoms with Gasteiger partial charge in [-0.3, -0.25) is 0 Å². The zero-order valence-corrected chi connectivity index (χ0v) is 32.5. The second-order valence-electron chi connectivity index (χ2n) is 12.6. The van der Waals surface area contributed by atoms with Gasteiger partial charge in [-0.05, 0) is 41.5 Å². The van der Waals surface area contributed by atoms with Gasteiger partial charge in [-0.2, -0.15) is 37.9 Å². The molecule has 13 nitrogen and oxygen atoms in total. The van der Waals surface area contributed by atoms with Gasteiger partial charge in [0.05, 0.1) is 146 Å². The molecule has 0 radical (unpaired) electrons. The molecule has 0 aromatic carbocycles. The molecule has 0 aromatic rings. The Morgan fingerprint density at radius 2 is 0.646 bits per heavy atom. The summed E-state index contributed by atoms with van der Waals surface area (Å²) in [6.45, 7) is 13.8. The van der Waals surface area contributed by atoms with E-state index in [9.17, 15) is 20.4 Å². The third kappa shape index (κ3) is 26.3. The number of hydrogen-bond donors (Lipinski definition) is 7. The van der Waals surface area contributed by atoms with Gasteiger partial charge in [-0.25, -0.2) is 0 Å². The first-order valence-corrected chi connectivity index (χ1v) is 18.6. The zero-order valence-electron chi connectivity index (χ0n) is 29.8. The lowest BCUT2D eigenvalue weighted by Crippen LogP contribution is -2.43. The monoisotopic (exact) mass is 754 g/mol. The van der Waals surface area contributed by atoms with Crippen LogP contribution < -0.4 is 0 Å². The molecule has 0 saturated heterocycles. The minimum atomic E-state index is -0.864. The van der Waals surface area contributed by atoms with Crippen LogP contribution in [0.5, 0.6) is 0 Å². The van der Waals surface area contributed by atoms with E-state index in [2.05, 4.69) is 37.9 Å². The van der Waals surface area contributed by atoms with Crippen LogP contribution in [-0.4, -0.2) is 179 Å². The third-order valence-electron chi connectivity index (χ3n) is 6.82. The number of hydrogen-bond acceptors (Lipinski definition) is 16. The predicted octanol–water partition coefficient (Wildman–Crippen LogP) is 1.32. The Bertz CT molecular complexity index is 644. The van der Waals surface area contributed by atoms with Crippen molar-refractivity contribution >= 4 is 37.9 Å². The Hall–Kier alpha value is 0.530. The van der Waals surface area contributed by atoms with E-state index in [1.807, 2.05) is 41.5 Å². The molecular formula is C32H66O13S3. The van der Waals surface area contributed by atoms with E-state index in [0.717, 1.165) is 0 Å². The van der Waals surface area contributed by atoms with Gasteiger partial charge in [-0.15, -0.1) is 0 Å². The topological polar surface area (TPSA) is 164 Å². The number of aliphatic hydroxyl groups is 4. The summed E-state index contributed by atoms with van der Waals surface area (Å²) in [6, 6.07) is 0. The summed E-state index contributed by atoms with van der Waals surface area (Å²) < 4.78 is 52.2. The van der Waals surface area contributed by atoms with Crippen LogP contribution in [0, 0.1) is 5.41 Å². The normalized spacial score (nSPS) is 19.2. The largest absolute Gasteiger partial charge is 0.396 e. The smallest absolute Gasteiger partial charge is 0.0861 e. The number of rotatable bonds is 34. The van der Waals surface area contributed by atoms with Gasteiger partial charge in [0.1, 0.15) is 0 Å².